The zero-order chi connectivity index (χ0) is 16.6. The summed E-state index contributed by atoms with van der Waals surface area (Å²) in [6, 6.07) is 6.28. The summed E-state index contributed by atoms with van der Waals surface area (Å²) in [5.74, 6) is -0.484. The largest absolute Gasteiger partial charge is 0.481 e. The maximum atomic E-state index is 13.6. The van der Waals surface area contributed by atoms with E-state index in [4.69, 9.17) is 10.5 Å². The molecule has 5 nitrogen and oxygen atoms in total. The maximum absolute atomic E-state index is 13.6. The molecule has 120 valence electrons. The Morgan fingerprint density at radius 1 is 1.17 bits per heavy atom. The van der Waals surface area contributed by atoms with Crippen molar-refractivity contribution in [3.8, 4) is 11.6 Å². The van der Waals surface area contributed by atoms with E-state index in [1.807, 2.05) is 6.92 Å². The van der Waals surface area contributed by atoms with E-state index in [1.165, 1.54) is 19.2 Å². The smallest absolute Gasteiger partial charge is 0.215 e. The molecule has 7 heteroatoms. The van der Waals surface area contributed by atoms with Gasteiger partial charge in [-0.15, -0.1) is 0 Å². The van der Waals surface area contributed by atoms with Gasteiger partial charge < -0.3 is 10.5 Å². The Morgan fingerprint density at radius 3 is 2.48 bits per heavy atom. The molecular formula is C16H16F2N4O. The first kappa shape index (κ1) is 15.4. The summed E-state index contributed by atoms with van der Waals surface area (Å²) in [6.07, 6.45) is 0.623. The summed E-state index contributed by atoms with van der Waals surface area (Å²) in [6.45, 7) is 1.91. The van der Waals surface area contributed by atoms with Crippen LogP contribution in [-0.4, -0.2) is 21.6 Å². The molecule has 0 amide bonds. The van der Waals surface area contributed by atoms with Crippen LogP contribution in [0.25, 0.3) is 16.9 Å². The highest BCUT2D eigenvalue weighted by molar-refractivity contribution is 5.75. The number of fused-ring (bicyclic) bond motifs is 1. The van der Waals surface area contributed by atoms with Gasteiger partial charge in [0.2, 0.25) is 5.88 Å². The third kappa shape index (κ3) is 2.75. The number of benzene rings is 1. The summed E-state index contributed by atoms with van der Waals surface area (Å²) in [4.78, 5) is 8.81. The standard InChI is InChI=1S/C16H16F2N4O/c1-3-12(19)15-20-13-4-5-14(23-2)21-16(13)22(15)11-7-9(17)6-10(18)8-11/h4-8,12H,3,19H2,1-2H3. The monoisotopic (exact) mass is 318 g/mol. The number of aromatic nitrogens is 3. The lowest BCUT2D eigenvalue weighted by Crippen LogP contribution is -2.15. The first-order valence-corrected chi connectivity index (χ1v) is 7.19. The van der Waals surface area contributed by atoms with Crippen molar-refractivity contribution in [1.29, 1.82) is 0 Å². The van der Waals surface area contributed by atoms with E-state index in [0.717, 1.165) is 6.07 Å². The summed E-state index contributed by atoms with van der Waals surface area (Å²) in [5.41, 5.74) is 7.41. The summed E-state index contributed by atoms with van der Waals surface area (Å²) in [5, 5.41) is 0. The van der Waals surface area contributed by atoms with Crippen molar-refractivity contribution in [2.45, 2.75) is 19.4 Å². The van der Waals surface area contributed by atoms with E-state index in [9.17, 15) is 8.78 Å². The predicted molar refractivity (Wildman–Crippen MR) is 82.6 cm³/mol. The van der Waals surface area contributed by atoms with Crippen molar-refractivity contribution in [2.24, 2.45) is 5.73 Å². The molecule has 3 rings (SSSR count). The molecular weight excluding hydrogens is 302 g/mol. The summed E-state index contributed by atoms with van der Waals surface area (Å²) in [7, 11) is 1.50. The fourth-order valence-electron chi connectivity index (χ4n) is 2.43. The second kappa shape index (κ2) is 5.92. The van der Waals surface area contributed by atoms with Gasteiger partial charge in [0.1, 0.15) is 23.0 Å². The Hall–Kier alpha value is -2.54. The Balaban J connectivity index is 2.34. The minimum atomic E-state index is -0.680. The van der Waals surface area contributed by atoms with Crippen LogP contribution in [0.2, 0.25) is 0 Å². The molecule has 0 saturated heterocycles. The lowest BCUT2D eigenvalue weighted by atomic mass is 10.2. The molecule has 1 unspecified atom stereocenters. The number of hydrogen-bond acceptors (Lipinski definition) is 4. The highest BCUT2D eigenvalue weighted by Gasteiger charge is 2.19. The van der Waals surface area contributed by atoms with Crippen LogP contribution in [0.5, 0.6) is 5.88 Å². The van der Waals surface area contributed by atoms with E-state index in [1.54, 1.807) is 16.7 Å². The highest BCUT2D eigenvalue weighted by atomic mass is 19.1. The van der Waals surface area contributed by atoms with E-state index in [-0.39, 0.29) is 11.7 Å². The number of ether oxygens (including phenoxy) is 1. The Kier molecular flexibility index (Phi) is 3.96. The molecule has 2 heterocycles. The molecule has 0 aliphatic heterocycles. The van der Waals surface area contributed by atoms with Gasteiger partial charge in [-0.25, -0.2) is 13.8 Å². The van der Waals surface area contributed by atoms with Crippen LogP contribution in [-0.2, 0) is 0 Å². The molecule has 0 aliphatic rings. The molecule has 2 aromatic heterocycles. The van der Waals surface area contributed by atoms with Crippen molar-refractivity contribution < 1.29 is 13.5 Å². The van der Waals surface area contributed by atoms with Gasteiger partial charge in [-0.2, -0.15) is 4.98 Å². The Bertz CT molecular complexity index is 842. The third-order valence-electron chi connectivity index (χ3n) is 3.59. The molecule has 0 spiro atoms. The Labute approximate surface area is 131 Å². The average Bonchev–Trinajstić information content (AvgIpc) is 2.91. The first-order valence-electron chi connectivity index (χ1n) is 7.19. The third-order valence-corrected chi connectivity index (χ3v) is 3.59. The number of hydrogen-bond donors (Lipinski definition) is 1. The van der Waals surface area contributed by atoms with Crippen molar-refractivity contribution in [3.63, 3.8) is 0 Å². The van der Waals surface area contributed by atoms with E-state index in [2.05, 4.69) is 9.97 Å². The van der Waals surface area contributed by atoms with Gasteiger partial charge >= 0.3 is 0 Å². The topological polar surface area (TPSA) is 66.0 Å². The molecule has 0 saturated carbocycles. The molecule has 2 N–H and O–H groups in total. The fourth-order valence-corrected chi connectivity index (χ4v) is 2.43. The number of methoxy groups -OCH3 is 1. The lowest BCUT2D eigenvalue weighted by molar-refractivity contribution is 0.399. The maximum Gasteiger partial charge on any atom is 0.215 e. The van der Waals surface area contributed by atoms with Gasteiger partial charge in [-0.3, -0.25) is 4.57 Å². The van der Waals surface area contributed by atoms with Gasteiger partial charge in [-0.05, 0) is 24.6 Å². The van der Waals surface area contributed by atoms with Crippen molar-refractivity contribution in [1.82, 2.24) is 14.5 Å². The molecule has 1 atom stereocenters. The number of halogens is 2. The van der Waals surface area contributed by atoms with Gasteiger partial charge in [0.15, 0.2) is 5.65 Å². The second-order valence-corrected chi connectivity index (χ2v) is 5.14. The van der Waals surface area contributed by atoms with Crippen LogP contribution in [0.1, 0.15) is 25.2 Å². The van der Waals surface area contributed by atoms with Crippen LogP contribution in [0.3, 0.4) is 0 Å². The van der Waals surface area contributed by atoms with Gasteiger partial charge in [0, 0.05) is 12.1 Å². The molecule has 0 aliphatic carbocycles. The number of pyridine rings is 1. The number of nitrogens with two attached hydrogens (primary N) is 1. The Morgan fingerprint density at radius 2 is 1.87 bits per heavy atom. The molecule has 0 fully saturated rings. The van der Waals surface area contributed by atoms with E-state index >= 15 is 0 Å². The van der Waals surface area contributed by atoms with Crippen molar-refractivity contribution in [3.05, 3.63) is 47.8 Å². The molecule has 0 bridgehead atoms. The van der Waals surface area contributed by atoms with Crippen LogP contribution < -0.4 is 10.5 Å². The second-order valence-electron chi connectivity index (χ2n) is 5.14. The van der Waals surface area contributed by atoms with Crippen LogP contribution >= 0.6 is 0 Å². The van der Waals surface area contributed by atoms with Crippen LogP contribution in [0, 0.1) is 11.6 Å². The highest BCUT2D eigenvalue weighted by Crippen LogP contribution is 2.27. The normalized spacial score (nSPS) is 12.6. The van der Waals surface area contributed by atoms with Crippen LogP contribution in [0.4, 0.5) is 8.78 Å². The zero-order valence-corrected chi connectivity index (χ0v) is 12.8. The first-order chi connectivity index (χ1) is 11.0. The predicted octanol–water partition coefficient (Wildman–Crippen LogP) is 3.12. The minimum Gasteiger partial charge on any atom is -0.481 e. The fraction of sp³-hybridized carbons (Fsp3) is 0.250. The van der Waals surface area contributed by atoms with Gasteiger partial charge in [0.25, 0.3) is 0 Å². The molecule has 0 radical (unpaired) electrons. The summed E-state index contributed by atoms with van der Waals surface area (Å²) >= 11 is 0. The minimum absolute atomic E-state index is 0.282. The summed E-state index contributed by atoms with van der Waals surface area (Å²) < 4.78 is 34.0. The van der Waals surface area contributed by atoms with Crippen molar-refractivity contribution >= 4 is 11.2 Å². The molecule has 23 heavy (non-hydrogen) atoms. The molecule has 1 aromatic carbocycles. The number of nitrogens with zero attached hydrogens (tertiary/aromatic N) is 3. The SMILES string of the molecule is CCC(N)c1nc2ccc(OC)nc2n1-c1cc(F)cc(F)c1. The van der Waals surface area contributed by atoms with Gasteiger partial charge in [-0.1, -0.05) is 6.92 Å². The number of rotatable bonds is 4. The quantitative estimate of drug-likeness (QED) is 0.802. The zero-order valence-electron chi connectivity index (χ0n) is 12.8. The van der Waals surface area contributed by atoms with Crippen LogP contribution in [0.15, 0.2) is 30.3 Å². The van der Waals surface area contributed by atoms with E-state index in [0.29, 0.717) is 29.3 Å². The molecule has 3 aromatic rings. The van der Waals surface area contributed by atoms with Gasteiger partial charge in [0.05, 0.1) is 18.8 Å². The lowest BCUT2D eigenvalue weighted by Gasteiger charge is -2.13. The number of imidazole rings is 1. The van der Waals surface area contributed by atoms with E-state index < -0.39 is 11.6 Å². The average molecular weight is 318 g/mol. The van der Waals surface area contributed by atoms with Crippen molar-refractivity contribution in [2.75, 3.05) is 7.11 Å².